The average molecular weight is 199 g/mol. The van der Waals surface area contributed by atoms with E-state index in [0.29, 0.717) is 12.5 Å². The maximum Gasteiger partial charge on any atom is 0.335 e. The fourth-order valence-electron chi connectivity index (χ4n) is 1.80. The number of carbonyl (C=O) groups excluding carboxylic acids is 1. The second kappa shape index (κ2) is 5.59. The van der Waals surface area contributed by atoms with Crippen LogP contribution in [-0.4, -0.2) is 30.5 Å². The number of aliphatic hydroxyl groups excluding tert-OH is 1. The molecule has 5 nitrogen and oxygen atoms in total. The van der Waals surface area contributed by atoms with E-state index in [2.05, 4.69) is 22.6 Å². The van der Waals surface area contributed by atoms with Gasteiger partial charge in [0, 0.05) is 13.3 Å². The Bertz CT molecular complexity index is 208. The van der Waals surface area contributed by atoms with Gasteiger partial charge in [0.2, 0.25) is 0 Å². The van der Waals surface area contributed by atoms with Gasteiger partial charge in [-0.3, -0.25) is 0 Å². The maximum atomic E-state index is 10.9. The van der Waals surface area contributed by atoms with Crippen LogP contribution in [0, 0.1) is 5.92 Å². The van der Waals surface area contributed by atoms with Gasteiger partial charge in [-0.1, -0.05) is 6.42 Å². The molecule has 2 unspecified atom stereocenters. The number of nitrogens with one attached hydrogen (secondary N) is 2. The topological polar surface area (TPSA) is 73.7 Å². The van der Waals surface area contributed by atoms with Gasteiger partial charge in [0.05, 0.1) is 6.10 Å². The van der Waals surface area contributed by atoms with Crippen molar-refractivity contribution < 1.29 is 9.90 Å². The third-order valence-electron chi connectivity index (χ3n) is 2.49. The Kier molecular flexibility index (Phi) is 4.39. The molecule has 14 heavy (non-hydrogen) atoms. The van der Waals surface area contributed by atoms with Crippen LogP contribution in [0.3, 0.4) is 0 Å². The summed E-state index contributed by atoms with van der Waals surface area (Å²) in [5.41, 5.74) is 2.20. The Labute approximate surface area is 83.6 Å². The largest absolute Gasteiger partial charge is 0.393 e. The highest BCUT2D eigenvalue weighted by atomic mass is 16.3. The lowest BCUT2D eigenvalue weighted by molar-refractivity contribution is 0.101. The van der Waals surface area contributed by atoms with E-state index in [9.17, 15) is 9.90 Å². The number of carbonyl (C=O) groups is 1. The molecule has 0 aromatic rings. The van der Waals surface area contributed by atoms with Crippen molar-refractivity contribution in [2.24, 2.45) is 11.0 Å². The third kappa shape index (κ3) is 3.74. The van der Waals surface area contributed by atoms with Crippen LogP contribution < -0.4 is 10.7 Å². The van der Waals surface area contributed by atoms with Gasteiger partial charge < -0.3 is 10.4 Å². The monoisotopic (exact) mass is 199 g/mol. The fraction of sp³-hybridized carbons (Fsp3) is 0.778. The second-order valence-electron chi connectivity index (χ2n) is 3.67. The van der Waals surface area contributed by atoms with E-state index in [0.717, 1.165) is 25.7 Å². The molecule has 1 rings (SSSR count). The minimum Gasteiger partial charge on any atom is -0.393 e. The predicted molar refractivity (Wildman–Crippen MR) is 54.0 cm³/mol. The zero-order valence-corrected chi connectivity index (χ0v) is 8.20. The van der Waals surface area contributed by atoms with Crippen LogP contribution in [0.1, 0.15) is 25.7 Å². The van der Waals surface area contributed by atoms with E-state index >= 15 is 0 Å². The molecule has 0 aromatic heterocycles. The molecule has 0 saturated heterocycles. The summed E-state index contributed by atoms with van der Waals surface area (Å²) in [4.78, 5) is 10.9. The molecule has 0 spiro atoms. The summed E-state index contributed by atoms with van der Waals surface area (Å²) in [7, 11) is 0. The molecule has 0 radical (unpaired) electrons. The Morgan fingerprint density at radius 2 is 2.36 bits per heavy atom. The minimum atomic E-state index is -0.333. The van der Waals surface area contributed by atoms with Crippen LogP contribution in [0.5, 0.6) is 0 Å². The van der Waals surface area contributed by atoms with Crippen molar-refractivity contribution in [3.8, 4) is 0 Å². The molecule has 0 bridgehead atoms. The van der Waals surface area contributed by atoms with Gasteiger partial charge in [-0.05, 0) is 25.2 Å². The number of rotatable bonds is 3. The van der Waals surface area contributed by atoms with Crippen LogP contribution in [-0.2, 0) is 0 Å². The Hall–Kier alpha value is -1.10. The molecule has 2 amide bonds. The van der Waals surface area contributed by atoms with Crippen molar-refractivity contribution in [2.45, 2.75) is 31.8 Å². The quantitative estimate of drug-likeness (QED) is 0.456. The van der Waals surface area contributed by atoms with Crippen molar-refractivity contribution in [3.05, 3.63) is 0 Å². The summed E-state index contributed by atoms with van der Waals surface area (Å²) >= 11 is 0. The van der Waals surface area contributed by atoms with Gasteiger partial charge in [0.1, 0.15) is 0 Å². The number of amides is 2. The van der Waals surface area contributed by atoms with Crippen LogP contribution in [0.2, 0.25) is 0 Å². The van der Waals surface area contributed by atoms with E-state index in [4.69, 9.17) is 0 Å². The first-order chi connectivity index (χ1) is 6.72. The number of hydrogen-bond donors (Lipinski definition) is 3. The molecule has 1 saturated carbocycles. The summed E-state index contributed by atoms with van der Waals surface area (Å²) in [6.45, 7) is 3.74. The number of hydrogen-bond acceptors (Lipinski definition) is 3. The van der Waals surface area contributed by atoms with Gasteiger partial charge in [-0.25, -0.2) is 10.2 Å². The molecule has 1 aliphatic carbocycles. The third-order valence-corrected chi connectivity index (χ3v) is 2.49. The number of nitrogens with zero attached hydrogens (tertiary/aromatic N) is 1. The molecule has 0 aromatic carbocycles. The van der Waals surface area contributed by atoms with Gasteiger partial charge >= 0.3 is 6.03 Å². The first kappa shape index (κ1) is 11.0. The van der Waals surface area contributed by atoms with Crippen LogP contribution >= 0.6 is 0 Å². The maximum absolute atomic E-state index is 10.9. The molecular formula is C9H17N3O2. The normalized spacial score (nSPS) is 26.6. The highest BCUT2D eigenvalue weighted by Gasteiger charge is 2.20. The lowest BCUT2D eigenvalue weighted by Crippen LogP contribution is -2.37. The molecule has 80 valence electrons. The van der Waals surface area contributed by atoms with Crippen molar-refractivity contribution in [1.29, 1.82) is 0 Å². The highest BCUT2D eigenvalue weighted by molar-refractivity contribution is 5.73. The number of hydrazone groups is 1. The zero-order valence-electron chi connectivity index (χ0n) is 8.20. The average Bonchev–Trinajstić information content (AvgIpc) is 2.15. The Balaban J connectivity index is 2.17. The standard InChI is InChI=1S/C9H17N3O2/c1-10-12-9(14)11-6-7-3-2-4-8(13)5-7/h7-8,13H,1-6H2,(H2,11,12,14). The summed E-state index contributed by atoms with van der Waals surface area (Å²) in [6.07, 6.45) is 3.57. The fourth-order valence-corrected chi connectivity index (χ4v) is 1.80. The summed E-state index contributed by atoms with van der Waals surface area (Å²) in [5.74, 6) is 0.384. The number of aliphatic hydroxyl groups is 1. The lowest BCUT2D eigenvalue weighted by atomic mass is 9.87. The van der Waals surface area contributed by atoms with E-state index < -0.39 is 0 Å². The molecule has 3 N–H and O–H groups in total. The van der Waals surface area contributed by atoms with Crippen LogP contribution in [0.25, 0.3) is 0 Å². The van der Waals surface area contributed by atoms with Crippen molar-refractivity contribution in [3.63, 3.8) is 0 Å². The van der Waals surface area contributed by atoms with Crippen LogP contribution in [0.15, 0.2) is 5.10 Å². The van der Waals surface area contributed by atoms with Crippen molar-refractivity contribution >= 4 is 12.7 Å². The molecule has 0 heterocycles. The van der Waals surface area contributed by atoms with Crippen molar-refractivity contribution in [1.82, 2.24) is 10.7 Å². The van der Waals surface area contributed by atoms with Crippen molar-refractivity contribution in [2.75, 3.05) is 6.54 Å². The lowest BCUT2D eigenvalue weighted by Gasteiger charge is -2.25. The Morgan fingerprint density at radius 3 is 3.00 bits per heavy atom. The van der Waals surface area contributed by atoms with Crippen LogP contribution in [0.4, 0.5) is 4.79 Å². The highest BCUT2D eigenvalue weighted by Crippen LogP contribution is 2.23. The molecule has 1 fully saturated rings. The van der Waals surface area contributed by atoms with E-state index in [-0.39, 0.29) is 12.1 Å². The zero-order chi connectivity index (χ0) is 10.4. The molecule has 5 heteroatoms. The Morgan fingerprint density at radius 1 is 1.57 bits per heavy atom. The van der Waals surface area contributed by atoms with Gasteiger partial charge in [-0.15, -0.1) is 0 Å². The van der Waals surface area contributed by atoms with E-state index in [1.165, 1.54) is 0 Å². The minimum absolute atomic E-state index is 0.198. The molecule has 2 atom stereocenters. The molecule has 1 aliphatic rings. The SMILES string of the molecule is C=NNC(=O)NCC1CCCC(O)C1. The smallest absolute Gasteiger partial charge is 0.335 e. The first-order valence-corrected chi connectivity index (χ1v) is 4.90. The second-order valence-corrected chi connectivity index (χ2v) is 3.67. The van der Waals surface area contributed by atoms with Gasteiger partial charge in [0.15, 0.2) is 0 Å². The predicted octanol–water partition coefficient (Wildman–Crippen LogP) is 0.452. The molecular weight excluding hydrogens is 182 g/mol. The summed E-state index contributed by atoms with van der Waals surface area (Å²) in [6, 6.07) is -0.333. The number of urea groups is 1. The van der Waals surface area contributed by atoms with E-state index in [1.807, 2.05) is 0 Å². The summed E-state index contributed by atoms with van der Waals surface area (Å²) < 4.78 is 0. The van der Waals surface area contributed by atoms with E-state index in [1.54, 1.807) is 0 Å². The van der Waals surface area contributed by atoms with Gasteiger partial charge in [-0.2, -0.15) is 5.10 Å². The summed E-state index contributed by atoms with van der Waals surface area (Å²) in [5, 5.41) is 15.3. The van der Waals surface area contributed by atoms with Gasteiger partial charge in [0.25, 0.3) is 0 Å². The molecule has 0 aliphatic heterocycles. The first-order valence-electron chi connectivity index (χ1n) is 4.90.